The maximum atomic E-state index is 9.31. The van der Waals surface area contributed by atoms with Crippen LogP contribution in [0.25, 0.3) is 187 Å². The summed E-state index contributed by atoms with van der Waals surface area (Å²) in [5.74, 6) is 0. The van der Waals surface area contributed by atoms with Gasteiger partial charge < -0.3 is 13.3 Å². The van der Waals surface area contributed by atoms with Crippen molar-refractivity contribution >= 4 is 109 Å². The van der Waals surface area contributed by atoms with E-state index in [1.54, 1.807) is 24.3 Å². The molecule has 0 bridgehead atoms. The first kappa shape index (κ1) is 41.2. The fourth-order valence-electron chi connectivity index (χ4n) is 13.7. The van der Waals surface area contributed by atoms with Gasteiger partial charge in [0.15, 0.2) is 0 Å². The molecule has 3 heteroatoms. The highest BCUT2D eigenvalue weighted by Gasteiger charge is 2.24. The van der Waals surface area contributed by atoms with Crippen LogP contribution in [0, 0.1) is 0 Å². The average molecular weight is 1170 g/mol. The number of furan rings is 3. The summed E-state index contributed by atoms with van der Waals surface area (Å²) >= 11 is 0. The van der Waals surface area contributed by atoms with Crippen molar-refractivity contribution in [3.63, 3.8) is 0 Å². The van der Waals surface area contributed by atoms with Crippen LogP contribution >= 0.6 is 0 Å². The number of hydrogen-bond acceptors (Lipinski definition) is 3. The lowest BCUT2D eigenvalue weighted by molar-refractivity contribution is 0.668. The minimum Gasteiger partial charge on any atom is -0.456 e. The number of fused-ring (bicyclic) bond motifs is 13. The summed E-state index contributed by atoms with van der Waals surface area (Å²) in [6.07, 6.45) is 0. The molecule has 3 aromatic heterocycles. The van der Waals surface area contributed by atoms with Gasteiger partial charge in [0.1, 0.15) is 33.5 Å². The minimum absolute atomic E-state index is 0.0864. The SMILES string of the molecule is [2H]c1c([2H])c(-c2c3ccccc3c(-c3ccccc3)c3ccccc23)c([2H])c([2H])c1-c1c([2H])c([2H])c2oc3ccccc3c2c1[2H].[2H]c1c([2H])c([2H])c(-c2c3ccccc3c(-c3cccc(-c4c(-c5cccc6c5oc5ccccc56)ccc5oc6ccccc6c45)c3)c3ccccc23)c([2H])c1[2H]. The Labute approximate surface area is 541 Å². The molecule has 0 aliphatic carbocycles. The van der Waals surface area contributed by atoms with Gasteiger partial charge in [-0.2, -0.15) is 0 Å². The van der Waals surface area contributed by atoms with E-state index in [0.29, 0.717) is 27.5 Å². The number of rotatable bonds is 7. The third kappa shape index (κ3) is 8.58. The molecule has 0 atom stereocenters. The van der Waals surface area contributed by atoms with E-state index in [1.165, 1.54) is 0 Å². The Morgan fingerprint density at radius 1 is 0.209 bits per heavy atom. The highest BCUT2D eigenvalue weighted by Crippen LogP contribution is 2.50. The first-order chi connectivity index (χ1) is 50.2. The molecule has 0 unspecified atom stereocenters. The fraction of sp³-hybridized carbons (Fsp3) is 0. The van der Waals surface area contributed by atoms with Crippen LogP contribution in [-0.4, -0.2) is 0 Å². The van der Waals surface area contributed by atoms with Crippen LogP contribution in [0.1, 0.15) is 16.4 Å². The molecule has 0 saturated carbocycles. The van der Waals surface area contributed by atoms with E-state index in [4.69, 9.17) is 24.2 Å². The van der Waals surface area contributed by atoms with Gasteiger partial charge in [0, 0.05) is 43.4 Å². The summed E-state index contributed by atoms with van der Waals surface area (Å²) in [6, 6.07) is 80.3. The number of hydrogen-bond donors (Lipinski definition) is 0. The van der Waals surface area contributed by atoms with E-state index in [9.17, 15) is 5.48 Å². The quantitative estimate of drug-likeness (QED) is 0.149. The van der Waals surface area contributed by atoms with Crippen molar-refractivity contribution < 1.29 is 29.7 Å². The largest absolute Gasteiger partial charge is 0.456 e. The van der Waals surface area contributed by atoms with E-state index < -0.39 is 6.04 Å². The zero-order valence-electron chi connectivity index (χ0n) is 60.5. The van der Waals surface area contributed by atoms with Crippen molar-refractivity contribution in [1.82, 2.24) is 0 Å². The van der Waals surface area contributed by atoms with E-state index in [0.717, 1.165) is 131 Å². The lowest BCUT2D eigenvalue weighted by atomic mass is 9.84. The molecule has 0 fully saturated rings. The predicted molar refractivity (Wildman–Crippen MR) is 383 cm³/mol. The second kappa shape index (κ2) is 21.4. The molecule has 0 aliphatic rings. The Balaban J connectivity index is 0.000000151. The average Bonchev–Trinajstić information content (AvgIpc) is 0.840. The Morgan fingerprint density at radius 2 is 0.615 bits per heavy atom. The second-order valence-corrected chi connectivity index (χ2v) is 22.7. The molecule has 0 N–H and O–H groups in total. The summed E-state index contributed by atoms with van der Waals surface area (Å²) in [4.78, 5) is 0. The topological polar surface area (TPSA) is 39.4 Å². The van der Waals surface area contributed by atoms with E-state index in [2.05, 4.69) is 91.0 Å². The van der Waals surface area contributed by atoms with Gasteiger partial charge in [0.2, 0.25) is 0 Å². The summed E-state index contributed by atoms with van der Waals surface area (Å²) in [5, 5.41) is 11.9. The second-order valence-electron chi connectivity index (χ2n) is 22.7. The van der Waals surface area contributed by atoms with Crippen LogP contribution < -0.4 is 0 Å². The molecule has 3 heterocycles. The third-order valence-electron chi connectivity index (χ3n) is 17.6. The van der Waals surface area contributed by atoms with Gasteiger partial charge in [-0.25, -0.2) is 0 Å². The van der Waals surface area contributed by atoms with Crippen LogP contribution in [0.3, 0.4) is 0 Å². The lowest BCUT2D eigenvalue weighted by Gasteiger charge is -2.19. The number of benzene rings is 16. The normalized spacial score (nSPS) is 13.6. The molecule has 3 nitrogen and oxygen atoms in total. The molecule has 19 rings (SSSR count). The standard InChI is InChI=1S/C50H30O2.C38H24O/c1-2-14-31(15-3-1)46-35-19-4-6-21-37(35)47(38-22-7-5-20-36(38)46)32-16-12-17-33(30-32)48-39(28-29-45-49(48)42-23-9-11-27-44(42)51-45)41-25-13-24-40-34-18-8-10-26-43(34)52-50(40)41;1-2-10-26(11-3-1)37-30-13-4-6-15-32(30)38(33-16-7-5-14-31(33)37)27-20-18-25(19-21-27)28-22-23-36-34(24-28)29-12-8-9-17-35(29)39-36/h1-30H;1-24H/i1D,2D,3D,14D,15D;18D,19D,20D,21D,22D,23D,24D. The van der Waals surface area contributed by atoms with Crippen molar-refractivity contribution in [3.8, 4) is 77.9 Å². The van der Waals surface area contributed by atoms with Crippen LogP contribution in [0.15, 0.2) is 341 Å². The van der Waals surface area contributed by atoms with Gasteiger partial charge >= 0.3 is 0 Å². The molecule has 0 radical (unpaired) electrons. The highest BCUT2D eigenvalue weighted by atomic mass is 16.3. The first-order valence-electron chi connectivity index (χ1n) is 36.2. The van der Waals surface area contributed by atoms with E-state index >= 15 is 0 Å². The maximum absolute atomic E-state index is 9.31. The monoisotopic (exact) mass is 1170 g/mol. The zero-order valence-corrected chi connectivity index (χ0v) is 48.5. The summed E-state index contributed by atoms with van der Waals surface area (Å²) in [6.45, 7) is 0. The molecular formula is C88H54O3. The molecule has 91 heavy (non-hydrogen) atoms. The molecular weight excluding hydrogens is 1100 g/mol. The van der Waals surface area contributed by atoms with Crippen molar-refractivity contribution in [2.75, 3.05) is 0 Å². The van der Waals surface area contributed by atoms with Crippen LogP contribution in [0.5, 0.6) is 0 Å². The molecule has 0 saturated heterocycles. The maximum Gasteiger partial charge on any atom is 0.143 e. The molecule has 424 valence electrons. The Morgan fingerprint density at radius 3 is 1.21 bits per heavy atom. The zero-order chi connectivity index (χ0) is 70.4. The van der Waals surface area contributed by atoms with Gasteiger partial charge in [-0.05, 0) is 158 Å². The van der Waals surface area contributed by atoms with Crippen LogP contribution in [0.4, 0.5) is 0 Å². The Bertz CT molecular complexity index is 6680. The fourth-order valence-corrected chi connectivity index (χ4v) is 13.7. The minimum atomic E-state index is -0.410. The van der Waals surface area contributed by atoms with Gasteiger partial charge in [0.25, 0.3) is 0 Å². The van der Waals surface area contributed by atoms with E-state index in [1.807, 2.05) is 140 Å². The van der Waals surface area contributed by atoms with Crippen LogP contribution in [0.2, 0.25) is 0 Å². The van der Waals surface area contributed by atoms with E-state index in [-0.39, 0.29) is 94.3 Å². The van der Waals surface area contributed by atoms with Gasteiger partial charge in [-0.1, -0.05) is 279 Å². The van der Waals surface area contributed by atoms with Crippen molar-refractivity contribution in [1.29, 1.82) is 0 Å². The summed E-state index contributed by atoms with van der Waals surface area (Å²) < 4.78 is 126. The van der Waals surface area contributed by atoms with Crippen molar-refractivity contribution in [3.05, 3.63) is 327 Å². The lowest BCUT2D eigenvalue weighted by Crippen LogP contribution is -1.92. The third-order valence-corrected chi connectivity index (χ3v) is 17.6. The highest BCUT2D eigenvalue weighted by molar-refractivity contribution is 6.24. The van der Waals surface area contributed by atoms with Crippen molar-refractivity contribution in [2.24, 2.45) is 0 Å². The van der Waals surface area contributed by atoms with Gasteiger partial charge in [0.05, 0.1) is 16.4 Å². The molecule has 19 aromatic rings. The molecule has 0 spiro atoms. The first-order valence-corrected chi connectivity index (χ1v) is 30.2. The summed E-state index contributed by atoms with van der Waals surface area (Å²) in [7, 11) is 0. The number of para-hydroxylation sites is 4. The van der Waals surface area contributed by atoms with Gasteiger partial charge in [-0.15, -0.1) is 0 Å². The van der Waals surface area contributed by atoms with Crippen LogP contribution in [-0.2, 0) is 0 Å². The Kier molecular flexibility index (Phi) is 9.67. The van der Waals surface area contributed by atoms with Crippen molar-refractivity contribution in [2.45, 2.75) is 0 Å². The molecule has 0 aliphatic heterocycles. The Hall–Kier alpha value is -12.0. The van der Waals surface area contributed by atoms with Gasteiger partial charge in [-0.3, -0.25) is 0 Å². The molecule has 0 amide bonds. The summed E-state index contributed by atoms with van der Waals surface area (Å²) in [5.41, 5.74) is 13.1. The smallest absolute Gasteiger partial charge is 0.143 e. The predicted octanol–water partition coefficient (Wildman–Crippen LogP) is 25.4. The molecule has 16 aromatic carbocycles.